The van der Waals surface area contributed by atoms with Gasteiger partial charge < -0.3 is 10.6 Å². The van der Waals surface area contributed by atoms with E-state index in [1.54, 1.807) is 0 Å². The van der Waals surface area contributed by atoms with Crippen LogP contribution in [-0.4, -0.2) is 49.5 Å². The Hall–Kier alpha value is -1.21. The van der Waals surface area contributed by atoms with Gasteiger partial charge in [0.2, 0.25) is 0 Å². The summed E-state index contributed by atoms with van der Waals surface area (Å²) in [6, 6.07) is 1.90. The standard InChI is InChI=1S/C11H18N4O2S/c1-9-13-10(2-3-12)8-11(14-9)15-4-6-18(16,17)7-5-15/h8H,2-7,12H2,1H3. The topological polar surface area (TPSA) is 89.2 Å². The number of hydrogen-bond acceptors (Lipinski definition) is 6. The van der Waals surface area contributed by atoms with Crippen LogP contribution < -0.4 is 10.6 Å². The van der Waals surface area contributed by atoms with Gasteiger partial charge in [-0.25, -0.2) is 18.4 Å². The third-order valence-corrected chi connectivity index (χ3v) is 4.56. The number of nitrogens with zero attached hydrogens (tertiary/aromatic N) is 3. The molecule has 0 bridgehead atoms. The molecule has 0 radical (unpaired) electrons. The largest absolute Gasteiger partial charge is 0.354 e. The predicted octanol–water partition coefficient (Wildman–Crippen LogP) is -0.479. The fraction of sp³-hybridized carbons (Fsp3) is 0.636. The lowest BCUT2D eigenvalue weighted by Gasteiger charge is -2.28. The number of hydrogen-bond donors (Lipinski definition) is 1. The summed E-state index contributed by atoms with van der Waals surface area (Å²) < 4.78 is 22.8. The average molecular weight is 270 g/mol. The molecule has 7 heteroatoms. The fourth-order valence-electron chi connectivity index (χ4n) is 1.99. The van der Waals surface area contributed by atoms with E-state index in [9.17, 15) is 8.42 Å². The van der Waals surface area contributed by atoms with E-state index >= 15 is 0 Å². The maximum Gasteiger partial charge on any atom is 0.153 e. The molecule has 1 saturated heterocycles. The van der Waals surface area contributed by atoms with Crippen LogP contribution in [0.25, 0.3) is 0 Å². The molecule has 1 aromatic heterocycles. The summed E-state index contributed by atoms with van der Waals surface area (Å²) in [6.07, 6.45) is 0.711. The van der Waals surface area contributed by atoms with Gasteiger partial charge in [0, 0.05) is 31.3 Å². The van der Waals surface area contributed by atoms with Crippen molar-refractivity contribution in [2.45, 2.75) is 13.3 Å². The highest BCUT2D eigenvalue weighted by Gasteiger charge is 2.22. The van der Waals surface area contributed by atoms with E-state index in [1.165, 1.54) is 0 Å². The SMILES string of the molecule is Cc1nc(CCN)cc(N2CCS(=O)(=O)CC2)n1. The van der Waals surface area contributed by atoms with Crippen LogP contribution in [0.3, 0.4) is 0 Å². The van der Waals surface area contributed by atoms with Crippen LogP contribution >= 0.6 is 0 Å². The lowest BCUT2D eigenvalue weighted by molar-refractivity contribution is 0.586. The molecule has 100 valence electrons. The second kappa shape index (κ2) is 5.19. The molecule has 0 atom stereocenters. The number of anilines is 1. The minimum atomic E-state index is -2.86. The zero-order chi connectivity index (χ0) is 13.2. The summed E-state index contributed by atoms with van der Waals surface area (Å²) in [6.45, 7) is 3.39. The normalized spacial score (nSPS) is 18.9. The quantitative estimate of drug-likeness (QED) is 0.798. The first-order chi connectivity index (χ1) is 8.50. The number of aromatic nitrogens is 2. The molecule has 1 aromatic rings. The Morgan fingerprint density at radius 1 is 1.33 bits per heavy atom. The molecular weight excluding hydrogens is 252 g/mol. The van der Waals surface area contributed by atoms with E-state index in [2.05, 4.69) is 9.97 Å². The lowest BCUT2D eigenvalue weighted by Crippen LogP contribution is -2.40. The third kappa shape index (κ3) is 3.17. The van der Waals surface area contributed by atoms with E-state index in [4.69, 9.17) is 5.73 Å². The molecular formula is C11H18N4O2S. The first-order valence-corrected chi connectivity index (χ1v) is 7.82. The molecule has 0 saturated carbocycles. The molecule has 1 aliphatic rings. The van der Waals surface area contributed by atoms with Gasteiger partial charge in [0.25, 0.3) is 0 Å². The molecule has 1 aliphatic heterocycles. The maximum absolute atomic E-state index is 11.4. The third-order valence-electron chi connectivity index (χ3n) is 2.95. The molecule has 0 spiro atoms. The van der Waals surface area contributed by atoms with Crippen LogP contribution in [0.15, 0.2) is 6.07 Å². The van der Waals surface area contributed by atoms with Crippen molar-refractivity contribution in [2.75, 3.05) is 36.0 Å². The van der Waals surface area contributed by atoms with Crippen LogP contribution in [0, 0.1) is 6.92 Å². The van der Waals surface area contributed by atoms with E-state index in [0.717, 1.165) is 11.5 Å². The van der Waals surface area contributed by atoms with Gasteiger partial charge in [-0.15, -0.1) is 0 Å². The summed E-state index contributed by atoms with van der Waals surface area (Å²) >= 11 is 0. The van der Waals surface area contributed by atoms with Gasteiger partial charge in [-0.3, -0.25) is 0 Å². The van der Waals surface area contributed by atoms with Crippen molar-refractivity contribution in [1.82, 2.24) is 9.97 Å². The number of rotatable bonds is 3. The Kier molecular flexibility index (Phi) is 3.82. The fourth-order valence-corrected chi connectivity index (χ4v) is 3.19. The molecule has 2 rings (SSSR count). The van der Waals surface area contributed by atoms with Crippen molar-refractivity contribution in [3.05, 3.63) is 17.6 Å². The Morgan fingerprint density at radius 3 is 2.61 bits per heavy atom. The second-order valence-electron chi connectivity index (χ2n) is 4.44. The van der Waals surface area contributed by atoms with Crippen LogP contribution in [0.2, 0.25) is 0 Å². The Balaban J connectivity index is 2.18. The Bertz CT molecular complexity index is 516. The zero-order valence-corrected chi connectivity index (χ0v) is 11.3. The zero-order valence-electron chi connectivity index (χ0n) is 10.5. The van der Waals surface area contributed by atoms with Gasteiger partial charge >= 0.3 is 0 Å². The van der Waals surface area contributed by atoms with E-state index < -0.39 is 9.84 Å². The first kappa shape index (κ1) is 13.2. The monoisotopic (exact) mass is 270 g/mol. The highest BCUT2D eigenvalue weighted by atomic mass is 32.2. The van der Waals surface area contributed by atoms with Crippen molar-refractivity contribution < 1.29 is 8.42 Å². The highest BCUT2D eigenvalue weighted by Crippen LogP contribution is 2.16. The van der Waals surface area contributed by atoms with Crippen molar-refractivity contribution in [2.24, 2.45) is 5.73 Å². The first-order valence-electron chi connectivity index (χ1n) is 6.00. The van der Waals surface area contributed by atoms with Crippen LogP contribution in [0.4, 0.5) is 5.82 Å². The van der Waals surface area contributed by atoms with Gasteiger partial charge in [-0.2, -0.15) is 0 Å². The molecule has 2 N–H and O–H groups in total. The van der Waals surface area contributed by atoms with Gasteiger partial charge in [0.05, 0.1) is 11.5 Å². The summed E-state index contributed by atoms with van der Waals surface area (Å²) in [5, 5.41) is 0. The van der Waals surface area contributed by atoms with E-state index in [-0.39, 0.29) is 11.5 Å². The molecule has 18 heavy (non-hydrogen) atoms. The van der Waals surface area contributed by atoms with Crippen LogP contribution in [0.5, 0.6) is 0 Å². The summed E-state index contributed by atoms with van der Waals surface area (Å²) in [4.78, 5) is 10.7. The van der Waals surface area contributed by atoms with Crippen molar-refractivity contribution >= 4 is 15.7 Å². The molecule has 0 unspecified atom stereocenters. The predicted molar refractivity (Wildman–Crippen MR) is 70.4 cm³/mol. The molecule has 6 nitrogen and oxygen atoms in total. The van der Waals surface area contributed by atoms with Gasteiger partial charge in [-0.1, -0.05) is 0 Å². The summed E-state index contributed by atoms with van der Waals surface area (Å²) in [5.41, 5.74) is 6.43. The van der Waals surface area contributed by atoms with Gasteiger partial charge in [0.1, 0.15) is 11.6 Å². The van der Waals surface area contributed by atoms with Crippen LogP contribution in [-0.2, 0) is 16.3 Å². The molecule has 0 aliphatic carbocycles. The Labute approximate surface area is 107 Å². The van der Waals surface area contributed by atoms with Crippen molar-refractivity contribution in [3.63, 3.8) is 0 Å². The van der Waals surface area contributed by atoms with E-state index in [1.807, 2.05) is 17.9 Å². The minimum absolute atomic E-state index is 0.197. The second-order valence-corrected chi connectivity index (χ2v) is 6.75. The minimum Gasteiger partial charge on any atom is -0.354 e. The molecule has 2 heterocycles. The average Bonchev–Trinajstić information content (AvgIpc) is 2.28. The van der Waals surface area contributed by atoms with Crippen LogP contribution in [0.1, 0.15) is 11.5 Å². The molecule has 0 aromatic carbocycles. The summed E-state index contributed by atoms with van der Waals surface area (Å²) in [5.74, 6) is 1.90. The highest BCUT2D eigenvalue weighted by molar-refractivity contribution is 7.91. The number of sulfone groups is 1. The summed E-state index contributed by atoms with van der Waals surface area (Å²) in [7, 11) is -2.86. The lowest BCUT2D eigenvalue weighted by atomic mass is 10.2. The number of nitrogens with two attached hydrogens (primary N) is 1. The smallest absolute Gasteiger partial charge is 0.153 e. The van der Waals surface area contributed by atoms with Crippen molar-refractivity contribution in [3.8, 4) is 0 Å². The van der Waals surface area contributed by atoms with E-state index in [0.29, 0.717) is 31.9 Å². The molecule has 0 amide bonds. The Morgan fingerprint density at radius 2 is 2.00 bits per heavy atom. The molecule has 1 fully saturated rings. The maximum atomic E-state index is 11.4. The van der Waals surface area contributed by atoms with Gasteiger partial charge in [-0.05, 0) is 13.5 Å². The van der Waals surface area contributed by atoms with Gasteiger partial charge in [0.15, 0.2) is 9.84 Å². The number of aryl methyl sites for hydroxylation is 1. The van der Waals surface area contributed by atoms with Crippen molar-refractivity contribution in [1.29, 1.82) is 0 Å².